The van der Waals surface area contributed by atoms with Crippen LogP contribution in [0.15, 0.2) is 78.9 Å². The summed E-state index contributed by atoms with van der Waals surface area (Å²) in [4.78, 5) is 82.2. The molecule has 14 heteroatoms. The van der Waals surface area contributed by atoms with Gasteiger partial charge in [-0.05, 0) is 67.3 Å². The monoisotopic (exact) mass is 724 g/mol. The van der Waals surface area contributed by atoms with Gasteiger partial charge in [-0.25, -0.2) is 0 Å². The van der Waals surface area contributed by atoms with E-state index >= 15 is 0 Å². The molecule has 3 atom stereocenters. The maximum atomic E-state index is 13.8. The number of benzene rings is 3. The summed E-state index contributed by atoms with van der Waals surface area (Å²) in [5, 5.41) is 13.9. The van der Waals surface area contributed by atoms with Crippen molar-refractivity contribution in [1.82, 2.24) is 31.5 Å². The predicted molar refractivity (Wildman–Crippen MR) is 193 cm³/mol. The molecule has 4 aliphatic rings. The van der Waals surface area contributed by atoms with Gasteiger partial charge in [0.25, 0.3) is 11.8 Å². The maximum absolute atomic E-state index is 13.8. The summed E-state index contributed by atoms with van der Waals surface area (Å²) in [6.07, 6.45) is 1.14. The van der Waals surface area contributed by atoms with Crippen molar-refractivity contribution in [3.63, 3.8) is 0 Å². The first kappa shape index (κ1) is 37.0. The lowest BCUT2D eigenvalue weighted by Crippen LogP contribution is -2.59. The van der Waals surface area contributed by atoms with Gasteiger partial charge in [0.15, 0.2) is 0 Å². The molecule has 278 valence electrons. The molecule has 1 spiro atoms. The summed E-state index contributed by atoms with van der Waals surface area (Å²) >= 11 is 0. The molecule has 5 N–H and O–H groups in total. The Morgan fingerprint density at radius 2 is 1.49 bits per heavy atom. The Kier molecular flexibility index (Phi) is 11.7. The van der Waals surface area contributed by atoms with E-state index in [1.165, 1.54) is 19.1 Å². The van der Waals surface area contributed by atoms with E-state index in [9.17, 15) is 28.8 Å². The molecule has 2 bridgehead atoms. The molecular formula is C39H44N6O8. The molecule has 1 saturated carbocycles. The third kappa shape index (κ3) is 9.57. The molecule has 2 fully saturated rings. The summed E-state index contributed by atoms with van der Waals surface area (Å²) in [5.74, 6) is -2.25. The molecule has 53 heavy (non-hydrogen) atoms. The summed E-state index contributed by atoms with van der Waals surface area (Å²) in [5.41, 5.74) is 1.09. The van der Waals surface area contributed by atoms with Crippen LogP contribution in [0.4, 0.5) is 0 Å². The van der Waals surface area contributed by atoms with Crippen molar-refractivity contribution in [2.24, 2.45) is 0 Å². The van der Waals surface area contributed by atoms with Gasteiger partial charge in [-0.15, -0.1) is 0 Å². The first-order chi connectivity index (χ1) is 25.6. The van der Waals surface area contributed by atoms with Crippen LogP contribution in [0.5, 0.6) is 5.75 Å². The molecule has 14 nitrogen and oxygen atoms in total. The quantitative estimate of drug-likeness (QED) is 0.241. The van der Waals surface area contributed by atoms with Crippen LogP contribution < -0.4 is 31.3 Å². The van der Waals surface area contributed by atoms with Crippen LogP contribution in [0.3, 0.4) is 0 Å². The third-order valence-electron chi connectivity index (χ3n) is 9.55. The molecule has 3 heterocycles. The van der Waals surface area contributed by atoms with Crippen molar-refractivity contribution in [2.45, 2.75) is 56.3 Å². The molecular weight excluding hydrogens is 680 g/mol. The number of nitrogens with one attached hydrogen (secondary N) is 5. The highest BCUT2D eigenvalue weighted by Gasteiger charge is 2.51. The van der Waals surface area contributed by atoms with Gasteiger partial charge in [-0.3, -0.25) is 28.8 Å². The maximum Gasteiger partial charge on any atom is 0.254 e. The van der Waals surface area contributed by atoms with E-state index in [-0.39, 0.29) is 43.4 Å². The zero-order valence-corrected chi connectivity index (χ0v) is 29.5. The van der Waals surface area contributed by atoms with Gasteiger partial charge in [0.2, 0.25) is 23.6 Å². The van der Waals surface area contributed by atoms with Crippen LogP contribution in [0, 0.1) is 0 Å². The average Bonchev–Trinajstić information content (AvgIpc) is 3.97. The van der Waals surface area contributed by atoms with Gasteiger partial charge in [0, 0.05) is 37.1 Å². The molecule has 6 amide bonds. The number of amides is 6. The Morgan fingerprint density at radius 1 is 0.811 bits per heavy atom. The standard InChI is InChI=1S/C39H44N6O8/c1-25-33(46)42-32(23-26-5-3-2-4-6-26)36(49)44-39(15-16-39)38(51)40-17-20-53-30-13-7-27(8-14-30)24-31(35(48)41-25)43-34(47)28-9-11-29(12-10-28)37(50)45-18-21-52-22-19-45/h2-14,25,31-32H,15-24H2,1H3,(H,40,51)(H,41,48)(H,42,46)(H,43,47)(H,44,49)/t25-,31-,32+/m0/s1. The molecule has 7 rings (SSSR count). The van der Waals surface area contributed by atoms with Crippen molar-refractivity contribution in [3.8, 4) is 5.75 Å². The van der Waals surface area contributed by atoms with E-state index in [1.807, 2.05) is 30.3 Å². The summed E-state index contributed by atoms with van der Waals surface area (Å²) < 4.78 is 11.1. The lowest BCUT2D eigenvalue weighted by atomic mass is 10.0. The number of fused-ring (bicyclic) bond motifs is 15. The molecule has 0 radical (unpaired) electrons. The van der Waals surface area contributed by atoms with Crippen LogP contribution in [-0.2, 0) is 36.8 Å². The fourth-order valence-corrected chi connectivity index (χ4v) is 6.22. The third-order valence-corrected chi connectivity index (χ3v) is 9.55. The van der Waals surface area contributed by atoms with Crippen LogP contribution in [-0.4, -0.2) is 103 Å². The normalized spacial score (nSPS) is 22.4. The first-order valence-corrected chi connectivity index (χ1v) is 17.8. The van der Waals surface area contributed by atoms with Crippen molar-refractivity contribution in [2.75, 3.05) is 39.5 Å². The van der Waals surface area contributed by atoms with Gasteiger partial charge in [0.05, 0.1) is 19.8 Å². The first-order valence-electron chi connectivity index (χ1n) is 17.8. The molecule has 0 aromatic heterocycles. The van der Waals surface area contributed by atoms with Crippen LogP contribution in [0.25, 0.3) is 0 Å². The number of rotatable bonds is 5. The topological polar surface area (TPSA) is 184 Å². The van der Waals surface area contributed by atoms with E-state index in [2.05, 4.69) is 26.6 Å². The highest BCUT2D eigenvalue weighted by molar-refractivity contribution is 6.01. The second kappa shape index (κ2) is 16.7. The van der Waals surface area contributed by atoms with E-state index in [1.54, 1.807) is 41.3 Å². The van der Waals surface area contributed by atoms with Crippen molar-refractivity contribution in [3.05, 3.63) is 101 Å². The van der Waals surface area contributed by atoms with E-state index in [0.717, 1.165) is 5.56 Å². The fraction of sp³-hybridized carbons (Fsp3) is 0.385. The second-order valence-electron chi connectivity index (χ2n) is 13.5. The number of carbonyl (C=O) groups excluding carboxylic acids is 6. The average molecular weight is 725 g/mol. The number of morpholine rings is 1. The van der Waals surface area contributed by atoms with Crippen molar-refractivity contribution in [1.29, 1.82) is 0 Å². The molecule has 1 aliphatic carbocycles. The number of hydrogen-bond donors (Lipinski definition) is 5. The Labute approximate surface area is 307 Å². The highest BCUT2D eigenvalue weighted by Crippen LogP contribution is 2.35. The van der Waals surface area contributed by atoms with Crippen LogP contribution in [0.2, 0.25) is 0 Å². The molecule has 0 unspecified atom stereocenters. The lowest BCUT2D eigenvalue weighted by molar-refractivity contribution is -0.134. The van der Waals surface area contributed by atoms with Crippen molar-refractivity contribution >= 4 is 35.4 Å². The second-order valence-corrected chi connectivity index (χ2v) is 13.5. The van der Waals surface area contributed by atoms with Crippen molar-refractivity contribution < 1.29 is 38.2 Å². The van der Waals surface area contributed by atoms with E-state index in [0.29, 0.717) is 56.0 Å². The van der Waals surface area contributed by atoms with Gasteiger partial charge >= 0.3 is 0 Å². The Balaban J connectivity index is 1.20. The fourth-order valence-electron chi connectivity index (χ4n) is 6.22. The Hall–Kier alpha value is -5.76. The lowest BCUT2D eigenvalue weighted by Gasteiger charge is -2.27. The molecule has 3 aliphatic heterocycles. The number of hydrogen-bond acceptors (Lipinski definition) is 8. The summed E-state index contributed by atoms with van der Waals surface area (Å²) in [6, 6.07) is 19.1. The summed E-state index contributed by atoms with van der Waals surface area (Å²) in [6.45, 7) is 3.78. The van der Waals surface area contributed by atoms with Crippen LogP contribution in [0.1, 0.15) is 51.6 Å². The minimum absolute atomic E-state index is 0.0803. The van der Waals surface area contributed by atoms with Gasteiger partial charge in [-0.1, -0.05) is 42.5 Å². The van der Waals surface area contributed by atoms with E-state index in [4.69, 9.17) is 9.47 Å². The number of carbonyl (C=O) groups is 6. The summed E-state index contributed by atoms with van der Waals surface area (Å²) in [7, 11) is 0. The molecule has 3 aromatic carbocycles. The zero-order valence-electron chi connectivity index (χ0n) is 29.5. The Morgan fingerprint density at radius 3 is 2.17 bits per heavy atom. The molecule has 1 saturated heterocycles. The smallest absolute Gasteiger partial charge is 0.254 e. The SMILES string of the molecule is C[C@@H]1NC(=O)[C@@H](NC(=O)c2ccc(C(=O)N3CCOCC3)cc2)Cc2ccc(cc2)OCCNC(=O)C2(CC2)NC(=O)[C@@H](Cc2ccccc2)NC1=O. The largest absolute Gasteiger partial charge is 0.492 e. The number of nitrogens with zero attached hydrogens (tertiary/aromatic N) is 1. The van der Waals surface area contributed by atoms with Gasteiger partial charge in [0.1, 0.15) is 36.0 Å². The Bertz CT molecular complexity index is 1810. The van der Waals surface area contributed by atoms with Gasteiger partial charge in [-0.2, -0.15) is 0 Å². The minimum Gasteiger partial charge on any atom is -0.492 e. The molecule has 3 aromatic rings. The van der Waals surface area contributed by atoms with Gasteiger partial charge < -0.3 is 41.0 Å². The highest BCUT2D eigenvalue weighted by atomic mass is 16.5. The van der Waals surface area contributed by atoms with Crippen LogP contribution >= 0.6 is 0 Å². The predicted octanol–water partition coefficient (Wildman–Crippen LogP) is 0.890. The zero-order chi connectivity index (χ0) is 37.4. The minimum atomic E-state index is -1.10. The van der Waals surface area contributed by atoms with E-state index < -0.39 is 47.3 Å². The number of ether oxygens (including phenoxy) is 2.